The van der Waals surface area contributed by atoms with Crippen LogP contribution in [0.4, 0.5) is 8.78 Å². The van der Waals surface area contributed by atoms with Crippen molar-refractivity contribution in [1.82, 2.24) is 24.7 Å². The average Bonchev–Trinajstić information content (AvgIpc) is 3.52. The molecule has 3 aromatic rings. The molecular weight excluding hydrogens is 530 g/mol. The lowest BCUT2D eigenvalue weighted by atomic mass is 9.87. The van der Waals surface area contributed by atoms with Crippen molar-refractivity contribution in [2.45, 2.75) is 50.7 Å². The number of benzene rings is 1. The maximum Gasteiger partial charge on any atom is 0.278 e. The van der Waals surface area contributed by atoms with Crippen molar-refractivity contribution in [1.29, 1.82) is 0 Å². The highest BCUT2D eigenvalue weighted by Crippen LogP contribution is 2.42. The number of nitrogens with zero attached hydrogens (tertiary/aromatic N) is 6. The van der Waals surface area contributed by atoms with Crippen molar-refractivity contribution in [3.63, 3.8) is 0 Å². The van der Waals surface area contributed by atoms with E-state index in [2.05, 4.69) is 10.2 Å². The summed E-state index contributed by atoms with van der Waals surface area (Å²) in [6, 6.07) is 3.28. The van der Waals surface area contributed by atoms with E-state index in [0.717, 1.165) is 29.9 Å². The molecule has 6 rings (SSSR count). The number of carbonyl (C=O) groups excluding carboxylic acids is 2. The maximum absolute atomic E-state index is 14.2. The molecule has 1 spiro atoms. The van der Waals surface area contributed by atoms with Crippen LogP contribution < -0.4 is 10.4 Å². The minimum Gasteiger partial charge on any atom is -0.502 e. The second-order valence-corrected chi connectivity index (χ2v) is 11.2. The van der Waals surface area contributed by atoms with E-state index in [4.69, 9.17) is 0 Å². The highest BCUT2D eigenvalue weighted by molar-refractivity contribution is 7.14. The molecule has 0 saturated carbocycles. The number of hydrogen-bond donors (Lipinski definition) is 1. The van der Waals surface area contributed by atoms with Gasteiger partial charge in [0.15, 0.2) is 16.5 Å². The molecule has 0 bridgehead atoms. The van der Waals surface area contributed by atoms with E-state index >= 15 is 0 Å². The van der Waals surface area contributed by atoms with Crippen LogP contribution in [0, 0.1) is 11.6 Å². The molecule has 2 aromatic heterocycles. The molecule has 2 amide bonds. The van der Waals surface area contributed by atoms with Crippen LogP contribution in [0.1, 0.15) is 53.7 Å². The minimum absolute atomic E-state index is 0.00197. The van der Waals surface area contributed by atoms with Crippen LogP contribution in [0.25, 0.3) is 10.6 Å². The molecule has 1 N–H and O–H groups in total. The summed E-state index contributed by atoms with van der Waals surface area (Å²) < 4.78 is 28.9. The lowest BCUT2D eigenvalue weighted by Crippen LogP contribution is -2.72. The molecule has 0 aliphatic carbocycles. The van der Waals surface area contributed by atoms with Gasteiger partial charge in [-0.15, -0.1) is 10.2 Å². The molecule has 39 heavy (non-hydrogen) atoms. The van der Waals surface area contributed by atoms with E-state index < -0.39 is 34.4 Å². The summed E-state index contributed by atoms with van der Waals surface area (Å²) in [5.41, 5.74) is -1.38. The van der Waals surface area contributed by atoms with Gasteiger partial charge >= 0.3 is 0 Å². The van der Waals surface area contributed by atoms with Crippen LogP contribution in [0.3, 0.4) is 0 Å². The molecule has 2 atom stereocenters. The second-order valence-electron chi connectivity index (χ2n) is 10.1. The van der Waals surface area contributed by atoms with Gasteiger partial charge in [0.25, 0.3) is 5.91 Å². The van der Waals surface area contributed by atoms with Crippen LogP contribution in [0.5, 0.6) is 5.75 Å². The summed E-state index contributed by atoms with van der Waals surface area (Å²) in [4.78, 5) is 42.8. The summed E-state index contributed by atoms with van der Waals surface area (Å²) >= 11 is 1.05. The van der Waals surface area contributed by atoms with Gasteiger partial charge in [0, 0.05) is 64.1 Å². The molecule has 2 unspecified atom stereocenters. The molecule has 204 valence electrons. The first-order valence-electron chi connectivity index (χ1n) is 12.8. The molecule has 5 heterocycles. The summed E-state index contributed by atoms with van der Waals surface area (Å²) in [6.07, 6.45) is 3.79. The van der Waals surface area contributed by atoms with Crippen LogP contribution in [0.15, 0.2) is 29.2 Å². The molecule has 1 aromatic carbocycles. The van der Waals surface area contributed by atoms with E-state index in [1.54, 1.807) is 4.90 Å². The topological polar surface area (TPSA) is 112 Å². The van der Waals surface area contributed by atoms with Crippen LogP contribution in [-0.2, 0) is 11.2 Å². The Balaban J connectivity index is 1.40. The highest BCUT2D eigenvalue weighted by Gasteiger charge is 2.54. The Bertz CT molecular complexity index is 1570. The standard InChI is InChI=1S/C26H26F2N6O4S/c1-3-33-25(38)21-23(37)22(36)17(24-30-29-19(39-24)10-14-4-5-15(27)11-18(14)28)13-34(21)31(2)26(33)8-9-32-16(12-26)6-7-20(32)35/h4-5,11,13,16,37H,3,6-10,12H2,1-2H3. The second kappa shape index (κ2) is 9.11. The Labute approximate surface area is 226 Å². The highest BCUT2D eigenvalue weighted by atomic mass is 32.1. The number of hydrogen-bond acceptors (Lipinski definition) is 8. The van der Waals surface area contributed by atoms with Crippen molar-refractivity contribution < 1.29 is 23.5 Å². The van der Waals surface area contributed by atoms with Crippen LogP contribution in [-0.4, -0.2) is 73.4 Å². The number of fused-ring (bicyclic) bond motifs is 2. The zero-order chi connectivity index (χ0) is 27.6. The first kappa shape index (κ1) is 25.4. The number of halogens is 2. The van der Waals surface area contributed by atoms with E-state index in [-0.39, 0.29) is 40.2 Å². The van der Waals surface area contributed by atoms with Gasteiger partial charge in [-0.05, 0) is 25.0 Å². The first-order valence-corrected chi connectivity index (χ1v) is 13.6. The Morgan fingerprint density at radius 3 is 2.74 bits per heavy atom. The third-order valence-corrected chi connectivity index (χ3v) is 9.14. The molecule has 2 saturated heterocycles. The molecule has 0 radical (unpaired) electrons. The van der Waals surface area contributed by atoms with Gasteiger partial charge in [-0.25, -0.2) is 8.78 Å². The van der Waals surface area contributed by atoms with E-state index in [1.807, 2.05) is 23.9 Å². The minimum atomic E-state index is -0.762. The molecule has 3 aliphatic heterocycles. The average molecular weight is 557 g/mol. The van der Waals surface area contributed by atoms with Gasteiger partial charge in [0.2, 0.25) is 11.3 Å². The SMILES string of the molecule is CCN1C(=O)c2c(O)c(=O)c(-c3nnc(Cc4ccc(F)cc4F)s3)cn2N(C)C12CCN1C(=O)CCC1C2. The molecular formula is C26H26F2N6O4S. The van der Waals surface area contributed by atoms with Gasteiger partial charge in [0.05, 0.1) is 5.56 Å². The number of piperidine rings is 1. The Hall–Kier alpha value is -3.87. The fourth-order valence-electron chi connectivity index (χ4n) is 6.20. The molecule has 3 aliphatic rings. The Kier molecular flexibility index (Phi) is 5.93. The van der Waals surface area contributed by atoms with Crippen molar-refractivity contribution in [3.05, 3.63) is 62.5 Å². The van der Waals surface area contributed by atoms with Gasteiger partial charge in [-0.1, -0.05) is 17.4 Å². The Morgan fingerprint density at radius 2 is 2.00 bits per heavy atom. The van der Waals surface area contributed by atoms with Gasteiger partial charge < -0.3 is 14.9 Å². The number of aromatic nitrogens is 3. The van der Waals surface area contributed by atoms with Crippen molar-refractivity contribution in [2.24, 2.45) is 0 Å². The van der Waals surface area contributed by atoms with Crippen molar-refractivity contribution >= 4 is 23.2 Å². The number of amides is 2. The molecule has 10 nitrogen and oxygen atoms in total. The molecule has 2 fully saturated rings. The van der Waals surface area contributed by atoms with Crippen LogP contribution in [0.2, 0.25) is 0 Å². The van der Waals surface area contributed by atoms with Gasteiger partial charge in [0.1, 0.15) is 22.3 Å². The third kappa shape index (κ3) is 3.81. The van der Waals surface area contributed by atoms with E-state index in [0.29, 0.717) is 37.4 Å². The predicted octanol–water partition coefficient (Wildman–Crippen LogP) is 2.47. The third-order valence-electron chi connectivity index (χ3n) is 8.18. The van der Waals surface area contributed by atoms with Crippen LogP contribution >= 0.6 is 11.3 Å². The Morgan fingerprint density at radius 1 is 1.21 bits per heavy atom. The lowest BCUT2D eigenvalue weighted by Gasteiger charge is -2.58. The van der Waals surface area contributed by atoms with E-state index in [1.165, 1.54) is 16.9 Å². The lowest BCUT2D eigenvalue weighted by molar-refractivity contribution is -0.131. The quantitative estimate of drug-likeness (QED) is 0.526. The summed E-state index contributed by atoms with van der Waals surface area (Å²) in [6.45, 7) is 2.72. The maximum atomic E-state index is 14.2. The summed E-state index contributed by atoms with van der Waals surface area (Å²) in [7, 11) is 1.81. The fourth-order valence-corrected chi connectivity index (χ4v) is 7.07. The normalized spacial score (nSPS) is 22.6. The summed E-state index contributed by atoms with van der Waals surface area (Å²) in [5.74, 6) is -2.42. The fraction of sp³-hybridized carbons (Fsp3) is 0.423. The predicted molar refractivity (Wildman–Crippen MR) is 138 cm³/mol. The van der Waals surface area contributed by atoms with Gasteiger partial charge in [-0.3, -0.25) is 24.1 Å². The molecule has 13 heteroatoms. The first-order chi connectivity index (χ1) is 18.6. The number of rotatable bonds is 4. The number of pyridine rings is 1. The summed E-state index contributed by atoms with van der Waals surface area (Å²) in [5, 5.41) is 21.6. The number of carbonyl (C=O) groups is 2. The number of aromatic hydroxyl groups is 1. The van der Waals surface area contributed by atoms with Crippen molar-refractivity contribution in [2.75, 3.05) is 25.1 Å². The zero-order valence-corrected chi connectivity index (χ0v) is 22.2. The largest absolute Gasteiger partial charge is 0.502 e. The van der Waals surface area contributed by atoms with Crippen molar-refractivity contribution in [3.8, 4) is 16.3 Å². The van der Waals surface area contributed by atoms with Gasteiger partial charge in [-0.2, -0.15) is 0 Å². The smallest absolute Gasteiger partial charge is 0.278 e. The monoisotopic (exact) mass is 556 g/mol. The zero-order valence-electron chi connectivity index (χ0n) is 21.4. The van der Waals surface area contributed by atoms with E-state index in [9.17, 15) is 28.3 Å².